The minimum Gasteiger partial charge on any atom is -0.379 e. The molecule has 3 rings (SSSR count). The normalized spacial score (nSPS) is 36.3. The molecule has 3 fully saturated rings. The molecule has 1 amide bonds. The molecule has 1 aliphatic heterocycles. The first-order valence-corrected chi connectivity index (χ1v) is 9.25. The highest BCUT2D eigenvalue weighted by Crippen LogP contribution is 2.61. The molecule has 5 heteroatoms. The van der Waals surface area contributed by atoms with Crippen molar-refractivity contribution < 1.29 is 9.53 Å². The van der Waals surface area contributed by atoms with Crippen LogP contribution in [-0.2, 0) is 9.53 Å². The van der Waals surface area contributed by atoms with Gasteiger partial charge in [-0.3, -0.25) is 9.69 Å². The summed E-state index contributed by atoms with van der Waals surface area (Å²) >= 11 is 0. The monoisotopic (exact) mass is 323 g/mol. The molecule has 0 unspecified atom stereocenters. The van der Waals surface area contributed by atoms with Gasteiger partial charge in [0.05, 0.1) is 19.8 Å². The van der Waals surface area contributed by atoms with E-state index in [9.17, 15) is 4.79 Å². The van der Waals surface area contributed by atoms with Gasteiger partial charge < -0.3 is 15.4 Å². The van der Waals surface area contributed by atoms with E-state index in [4.69, 9.17) is 4.74 Å². The van der Waals surface area contributed by atoms with E-state index < -0.39 is 0 Å². The molecule has 1 saturated heterocycles. The van der Waals surface area contributed by atoms with Gasteiger partial charge in [-0.15, -0.1) is 0 Å². The lowest BCUT2D eigenvalue weighted by molar-refractivity contribution is -0.124. The van der Waals surface area contributed by atoms with Crippen LogP contribution in [0.4, 0.5) is 0 Å². The van der Waals surface area contributed by atoms with Gasteiger partial charge in [-0.2, -0.15) is 0 Å². The van der Waals surface area contributed by atoms with Crippen LogP contribution in [0.1, 0.15) is 40.0 Å². The predicted molar refractivity (Wildman–Crippen MR) is 91.3 cm³/mol. The zero-order valence-electron chi connectivity index (χ0n) is 15.0. The molecule has 2 aliphatic carbocycles. The summed E-state index contributed by atoms with van der Waals surface area (Å²) in [6.45, 7) is 12.9. The highest BCUT2D eigenvalue weighted by atomic mass is 16.5. The Morgan fingerprint density at radius 2 is 1.87 bits per heavy atom. The molecular formula is C18H33N3O2. The fourth-order valence-electron chi connectivity index (χ4n) is 4.97. The van der Waals surface area contributed by atoms with Gasteiger partial charge in [-0.1, -0.05) is 13.8 Å². The maximum absolute atomic E-state index is 12.4. The van der Waals surface area contributed by atoms with E-state index in [1.165, 1.54) is 19.3 Å². The number of carbonyl (C=O) groups excluding carboxylic acids is 1. The van der Waals surface area contributed by atoms with E-state index in [2.05, 4.69) is 36.3 Å². The Hall–Kier alpha value is -0.650. The Bertz CT molecular complexity index is 434. The molecule has 0 spiro atoms. The van der Waals surface area contributed by atoms with Gasteiger partial charge in [0, 0.05) is 31.7 Å². The SMILES string of the molecule is CC1(C)[C@@H]2CC[C@H](C2)[C@@]1(C)NC(=O)CNCCN1CCOCC1. The van der Waals surface area contributed by atoms with Crippen LogP contribution < -0.4 is 10.6 Å². The van der Waals surface area contributed by atoms with Gasteiger partial charge in [-0.05, 0) is 43.4 Å². The molecule has 3 atom stereocenters. The lowest BCUT2D eigenvalue weighted by Crippen LogP contribution is -2.60. The van der Waals surface area contributed by atoms with E-state index in [0.29, 0.717) is 12.5 Å². The van der Waals surface area contributed by atoms with Crippen LogP contribution >= 0.6 is 0 Å². The minimum atomic E-state index is -0.0428. The molecule has 2 saturated carbocycles. The molecule has 2 bridgehead atoms. The summed E-state index contributed by atoms with van der Waals surface area (Å²) in [5, 5.41) is 6.68. The Morgan fingerprint density at radius 1 is 1.17 bits per heavy atom. The number of fused-ring (bicyclic) bond motifs is 2. The van der Waals surface area contributed by atoms with Crippen LogP contribution in [0.3, 0.4) is 0 Å². The second-order valence-electron chi connectivity index (χ2n) is 8.31. The number of hydrogen-bond acceptors (Lipinski definition) is 4. The Labute approximate surface area is 140 Å². The maximum Gasteiger partial charge on any atom is 0.234 e. The second-order valence-corrected chi connectivity index (χ2v) is 8.31. The third kappa shape index (κ3) is 3.28. The van der Waals surface area contributed by atoms with Crippen molar-refractivity contribution in [1.29, 1.82) is 0 Å². The van der Waals surface area contributed by atoms with Crippen LogP contribution in [-0.4, -0.2) is 62.3 Å². The first kappa shape index (κ1) is 17.2. The Morgan fingerprint density at radius 3 is 2.52 bits per heavy atom. The van der Waals surface area contributed by atoms with Crippen molar-refractivity contribution in [2.45, 2.75) is 45.6 Å². The first-order valence-electron chi connectivity index (χ1n) is 9.25. The molecule has 1 heterocycles. The van der Waals surface area contributed by atoms with Crippen LogP contribution in [0, 0.1) is 17.3 Å². The molecule has 0 radical (unpaired) electrons. The average molecular weight is 323 g/mol. The van der Waals surface area contributed by atoms with Crippen molar-refractivity contribution in [2.24, 2.45) is 17.3 Å². The summed E-state index contributed by atoms with van der Waals surface area (Å²) in [7, 11) is 0. The summed E-state index contributed by atoms with van der Waals surface area (Å²) in [6.07, 6.45) is 3.89. The Kier molecular flexibility index (Phi) is 5.00. The van der Waals surface area contributed by atoms with Crippen molar-refractivity contribution >= 4 is 5.91 Å². The van der Waals surface area contributed by atoms with Crippen molar-refractivity contribution in [3.63, 3.8) is 0 Å². The number of amides is 1. The van der Waals surface area contributed by atoms with Gasteiger partial charge in [0.2, 0.25) is 5.91 Å². The predicted octanol–water partition coefficient (Wildman–Crippen LogP) is 1.24. The van der Waals surface area contributed by atoms with Gasteiger partial charge in [0.25, 0.3) is 0 Å². The fourth-order valence-corrected chi connectivity index (χ4v) is 4.97. The lowest BCUT2D eigenvalue weighted by Gasteiger charge is -2.48. The molecular weight excluding hydrogens is 290 g/mol. The van der Waals surface area contributed by atoms with Crippen molar-refractivity contribution in [2.75, 3.05) is 45.9 Å². The molecule has 2 N–H and O–H groups in total. The standard InChI is InChI=1S/C18H33N3O2/c1-17(2)14-4-5-15(12-14)18(17,3)20-16(22)13-19-6-7-21-8-10-23-11-9-21/h14-15,19H,4-13H2,1-3H3,(H,20,22)/t14-,15-,18-/m1/s1. The summed E-state index contributed by atoms with van der Waals surface area (Å²) in [4.78, 5) is 14.8. The van der Waals surface area contributed by atoms with Crippen molar-refractivity contribution in [3.8, 4) is 0 Å². The number of rotatable bonds is 6. The largest absolute Gasteiger partial charge is 0.379 e. The van der Waals surface area contributed by atoms with Gasteiger partial charge in [0.1, 0.15) is 0 Å². The molecule has 3 aliphatic rings. The smallest absolute Gasteiger partial charge is 0.234 e. The molecule has 0 aromatic carbocycles. The van der Waals surface area contributed by atoms with Crippen LogP contribution in [0.15, 0.2) is 0 Å². The number of nitrogens with zero attached hydrogens (tertiary/aromatic N) is 1. The quantitative estimate of drug-likeness (QED) is 0.722. The summed E-state index contributed by atoms with van der Waals surface area (Å²) in [5.41, 5.74) is 0.165. The highest BCUT2D eigenvalue weighted by Gasteiger charge is 2.60. The molecule has 23 heavy (non-hydrogen) atoms. The Balaban J connectivity index is 1.41. The zero-order chi connectivity index (χ0) is 16.5. The lowest BCUT2D eigenvalue weighted by atomic mass is 9.64. The van der Waals surface area contributed by atoms with Gasteiger partial charge in [0.15, 0.2) is 0 Å². The van der Waals surface area contributed by atoms with E-state index in [-0.39, 0.29) is 16.9 Å². The average Bonchev–Trinajstić information content (AvgIpc) is 3.08. The molecule has 132 valence electrons. The third-order valence-electron chi connectivity index (χ3n) is 7.00. The maximum atomic E-state index is 12.4. The van der Waals surface area contributed by atoms with Crippen LogP contribution in [0.5, 0.6) is 0 Å². The summed E-state index contributed by atoms with van der Waals surface area (Å²) in [6, 6.07) is 0. The zero-order valence-corrected chi connectivity index (χ0v) is 15.0. The van der Waals surface area contributed by atoms with Crippen LogP contribution in [0.25, 0.3) is 0 Å². The highest BCUT2D eigenvalue weighted by molar-refractivity contribution is 5.79. The fraction of sp³-hybridized carbons (Fsp3) is 0.944. The van der Waals surface area contributed by atoms with E-state index in [1.54, 1.807) is 0 Å². The van der Waals surface area contributed by atoms with E-state index in [0.717, 1.165) is 45.3 Å². The van der Waals surface area contributed by atoms with E-state index >= 15 is 0 Å². The number of nitrogens with one attached hydrogen (secondary N) is 2. The van der Waals surface area contributed by atoms with Gasteiger partial charge >= 0.3 is 0 Å². The van der Waals surface area contributed by atoms with Crippen molar-refractivity contribution in [3.05, 3.63) is 0 Å². The molecule has 0 aromatic heterocycles. The molecule has 5 nitrogen and oxygen atoms in total. The first-order chi connectivity index (χ1) is 10.9. The number of carbonyl (C=O) groups is 1. The molecule has 0 aromatic rings. The summed E-state index contributed by atoms with van der Waals surface area (Å²) in [5.74, 6) is 1.57. The topological polar surface area (TPSA) is 53.6 Å². The minimum absolute atomic E-state index is 0.0428. The second kappa shape index (κ2) is 6.69. The summed E-state index contributed by atoms with van der Waals surface area (Å²) < 4.78 is 5.35. The van der Waals surface area contributed by atoms with E-state index in [1.807, 2.05) is 0 Å². The van der Waals surface area contributed by atoms with Gasteiger partial charge in [-0.25, -0.2) is 0 Å². The van der Waals surface area contributed by atoms with Crippen molar-refractivity contribution in [1.82, 2.24) is 15.5 Å². The third-order valence-corrected chi connectivity index (χ3v) is 7.00. The number of ether oxygens (including phenoxy) is 1. The number of morpholine rings is 1. The van der Waals surface area contributed by atoms with Crippen LogP contribution in [0.2, 0.25) is 0 Å². The number of hydrogen-bond donors (Lipinski definition) is 2.